The molecule has 0 spiro atoms. The predicted molar refractivity (Wildman–Crippen MR) is 77.3 cm³/mol. The van der Waals surface area contributed by atoms with Crippen LogP contribution < -0.4 is 0 Å². The smallest absolute Gasteiger partial charge is 0.413 e. The van der Waals surface area contributed by atoms with Crippen LogP contribution in [0.25, 0.3) is 5.57 Å². The Morgan fingerprint density at radius 3 is 2.00 bits per heavy atom. The van der Waals surface area contributed by atoms with Crippen molar-refractivity contribution < 1.29 is 23.1 Å². The van der Waals surface area contributed by atoms with E-state index in [9.17, 15) is 23.1 Å². The van der Waals surface area contributed by atoms with Gasteiger partial charge in [0.2, 0.25) is 0 Å². The Kier molecular flexibility index (Phi) is 4.65. The molecule has 0 aliphatic carbocycles. The molecule has 1 N–H and O–H groups in total. The van der Waals surface area contributed by atoms with Crippen LogP contribution in [0.4, 0.5) is 13.2 Å². The van der Waals surface area contributed by atoms with Gasteiger partial charge >= 0.3 is 6.18 Å². The van der Waals surface area contributed by atoms with E-state index in [4.69, 9.17) is 0 Å². The number of aromatic hydroxyl groups is 1. The number of halogens is 3. The summed E-state index contributed by atoms with van der Waals surface area (Å²) in [4.78, 5) is 10.7. The maximum Gasteiger partial charge on any atom is 0.413 e. The molecule has 0 aromatic heterocycles. The standard InChI is InChI=1S/C17H13F3O2/c18-17(19,20)15(10-11-21)16(12-4-2-1-3-5-12)13-6-8-14(22)9-7-13/h1-9,11,22H,10H2/b16-15+. The summed E-state index contributed by atoms with van der Waals surface area (Å²) in [5, 5.41) is 9.32. The molecule has 2 rings (SSSR count). The quantitative estimate of drug-likeness (QED) is 0.853. The maximum absolute atomic E-state index is 13.3. The van der Waals surface area contributed by atoms with Crippen molar-refractivity contribution in [1.29, 1.82) is 0 Å². The molecule has 22 heavy (non-hydrogen) atoms. The van der Waals surface area contributed by atoms with Crippen molar-refractivity contribution in [2.45, 2.75) is 12.6 Å². The molecule has 0 unspecified atom stereocenters. The molecule has 0 saturated heterocycles. The van der Waals surface area contributed by atoms with Gasteiger partial charge in [-0.3, -0.25) is 0 Å². The Bertz CT molecular complexity index is 671. The van der Waals surface area contributed by atoms with E-state index >= 15 is 0 Å². The van der Waals surface area contributed by atoms with E-state index in [0.29, 0.717) is 5.56 Å². The Balaban J connectivity index is 2.74. The Labute approximate surface area is 125 Å². The number of carbonyl (C=O) groups excluding carboxylic acids is 1. The van der Waals surface area contributed by atoms with Crippen molar-refractivity contribution in [3.05, 3.63) is 71.3 Å². The van der Waals surface area contributed by atoms with Crippen LogP contribution in [0.2, 0.25) is 0 Å². The number of benzene rings is 2. The molecule has 2 nitrogen and oxygen atoms in total. The van der Waals surface area contributed by atoms with E-state index in [0.717, 1.165) is 0 Å². The minimum Gasteiger partial charge on any atom is -0.508 e. The third-order valence-corrected chi connectivity index (χ3v) is 3.15. The van der Waals surface area contributed by atoms with Gasteiger partial charge in [0.25, 0.3) is 0 Å². The van der Waals surface area contributed by atoms with Crippen LogP contribution in [0.5, 0.6) is 5.75 Å². The highest BCUT2D eigenvalue weighted by molar-refractivity contribution is 5.84. The van der Waals surface area contributed by atoms with Crippen LogP contribution >= 0.6 is 0 Å². The molecule has 0 aliphatic heterocycles. The molecule has 114 valence electrons. The number of alkyl halides is 3. The van der Waals surface area contributed by atoms with Crippen LogP contribution in [0, 0.1) is 0 Å². The average Bonchev–Trinajstić information content (AvgIpc) is 2.49. The normalized spacial score (nSPS) is 12.7. The Morgan fingerprint density at radius 1 is 0.955 bits per heavy atom. The van der Waals surface area contributed by atoms with Crippen molar-refractivity contribution >= 4 is 11.9 Å². The zero-order valence-electron chi connectivity index (χ0n) is 11.5. The monoisotopic (exact) mass is 306 g/mol. The van der Waals surface area contributed by atoms with Gasteiger partial charge in [0, 0.05) is 12.0 Å². The lowest BCUT2D eigenvalue weighted by Gasteiger charge is -2.17. The van der Waals surface area contributed by atoms with Gasteiger partial charge < -0.3 is 9.90 Å². The first-order chi connectivity index (χ1) is 10.4. The van der Waals surface area contributed by atoms with E-state index in [2.05, 4.69) is 0 Å². The Hall–Kier alpha value is -2.56. The average molecular weight is 306 g/mol. The zero-order valence-corrected chi connectivity index (χ0v) is 11.5. The second-order valence-electron chi connectivity index (χ2n) is 4.64. The Morgan fingerprint density at radius 2 is 1.50 bits per heavy atom. The molecule has 0 aliphatic rings. The van der Waals surface area contributed by atoms with Gasteiger partial charge in [-0.25, -0.2) is 0 Å². The predicted octanol–water partition coefficient (Wildman–Crippen LogP) is 4.35. The molecule has 0 amide bonds. The van der Waals surface area contributed by atoms with Crippen LogP contribution in [-0.4, -0.2) is 17.6 Å². The van der Waals surface area contributed by atoms with E-state index < -0.39 is 18.2 Å². The van der Waals surface area contributed by atoms with Crippen molar-refractivity contribution in [3.63, 3.8) is 0 Å². The van der Waals surface area contributed by atoms with Crippen LogP contribution in [0.15, 0.2) is 60.2 Å². The van der Waals surface area contributed by atoms with Gasteiger partial charge in [-0.2, -0.15) is 13.2 Å². The van der Waals surface area contributed by atoms with Gasteiger partial charge in [0.05, 0.1) is 0 Å². The highest BCUT2D eigenvalue weighted by Gasteiger charge is 2.36. The van der Waals surface area contributed by atoms with Crippen molar-refractivity contribution in [1.82, 2.24) is 0 Å². The summed E-state index contributed by atoms with van der Waals surface area (Å²) in [5.74, 6) is -0.0416. The van der Waals surface area contributed by atoms with Crippen LogP contribution in [-0.2, 0) is 4.79 Å². The lowest BCUT2D eigenvalue weighted by molar-refractivity contribution is -0.113. The number of carbonyl (C=O) groups is 1. The third-order valence-electron chi connectivity index (χ3n) is 3.15. The highest BCUT2D eigenvalue weighted by Crippen LogP contribution is 2.38. The first kappa shape index (κ1) is 15.8. The highest BCUT2D eigenvalue weighted by atomic mass is 19.4. The second-order valence-corrected chi connectivity index (χ2v) is 4.64. The first-order valence-corrected chi connectivity index (χ1v) is 6.52. The van der Waals surface area contributed by atoms with Crippen molar-refractivity contribution in [3.8, 4) is 5.75 Å². The van der Waals surface area contributed by atoms with Crippen LogP contribution in [0.1, 0.15) is 17.5 Å². The summed E-state index contributed by atoms with van der Waals surface area (Å²) in [5.41, 5.74) is -0.305. The molecular weight excluding hydrogens is 293 g/mol. The molecule has 0 heterocycles. The summed E-state index contributed by atoms with van der Waals surface area (Å²) < 4.78 is 40.0. The maximum atomic E-state index is 13.3. The minimum atomic E-state index is -4.62. The number of phenols is 1. The molecule has 0 fully saturated rings. The number of aldehydes is 1. The summed E-state index contributed by atoms with van der Waals surface area (Å²) in [6.45, 7) is 0. The van der Waals surface area contributed by atoms with Gasteiger partial charge in [0.15, 0.2) is 0 Å². The van der Waals surface area contributed by atoms with Gasteiger partial charge in [-0.05, 0) is 28.8 Å². The summed E-state index contributed by atoms with van der Waals surface area (Å²) in [6, 6.07) is 13.5. The molecule has 0 radical (unpaired) electrons. The third kappa shape index (κ3) is 3.55. The van der Waals surface area contributed by atoms with E-state index in [1.54, 1.807) is 30.3 Å². The number of hydrogen-bond acceptors (Lipinski definition) is 2. The molecule has 2 aromatic rings. The SMILES string of the molecule is O=CC/C(=C(/c1ccccc1)c1ccc(O)cc1)C(F)(F)F. The van der Waals surface area contributed by atoms with E-state index in [1.165, 1.54) is 24.3 Å². The minimum absolute atomic E-state index is 0.0416. The number of rotatable bonds is 4. The fourth-order valence-electron chi connectivity index (χ4n) is 2.19. The topological polar surface area (TPSA) is 37.3 Å². The number of hydrogen-bond donors (Lipinski definition) is 1. The van der Waals surface area contributed by atoms with E-state index in [1.807, 2.05) is 0 Å². The largest absolute Gasteiger partial charge is 0.508 e. The lowest BCUT2D eigenvalue weighted by Crippen LogP contribution is -2.15. The summed E-state index contributed by atoms with van der Waals surface area (Å²) >= 11 is 0. The fourth-order valence-corrected chi connectivity index (χ4v) is 2.19. The molecule has 0 atom stereocenters. The molecular formula is C17H13F3O2. The number of allylic oxidation sites excluding steroid dienone is 1. The van der Waals surface area contributed by atoms with Crippen molar-refractivity contribution in [2.75, 3.05) is 0 Å². The van der Waals surface area contributed by atoms with Crippen molar-refractivity contribution in [2.24, 2.45) is 0 Å². The summed E-state index contributed by atoms with van der Waals surface area (Å²) in [6.07, 6.45) is -5.11. The van der Waals surface area contributed by atoms with Crippen LogP contribution in [0.3, 0.4) is 0 Å². The van der Waals surface area contributed by atoms with E-state index in [-0.39, 0.29) is 23.2 Å². The molecule has 5 heteroatoms. The van der Waals surface area contributed by atoms with Gasteiger partial charge in [-0.1, -0.05) is 42.5 Å². The zero-order chi connectivity index (χ0) is 16.2. The fraction of sp³-hybridized carbons (Fsp3) is 0.118. The molecule has 0 bridgehead atoms. The first-order valence-electron chi connectivity index (χ1n) is 6.52. The molecule has 2 aromatic carbocycles. The molecule has 0 saturated carbocycles. The lowest BCUT2D eigenvalue weighted by atomic mass is 9.91. The summed E-state index contributed by atoms with van der Waals surface area (Å²) in [7, 11) is 0. The second kappa shape index (κ2) is 6.47. The van der Waals surface area contributed by atoms with Gasteiger partial charge in [0.1, 0.15) is 12.0 Å². The van der Waals surface area contributed by atoms with Gasteiger partial charge in [-0.15, -0.1) is 0 Å². The number of phenolic OH excluding ortho intramolecular Hbond substituents is 1.